The molecule has 0 saturated heterocycles. The molecule has 0 unspecified atom stereocenters. The summed E-state index contributed by atoms with van der Waals surface area (Å²) in [5.74, 6) is 0. The van der Waals surface area contributed by atoms with E-state index in [2.05, 4.69) is 75.4 Å². The number of aryl methyl sites for hydroxylation is 1. The minimum absolute atomic E-state index is 0.136. The van der Waals surface area contributed by atoms with Crippen LogP contribution in [0.3, 0.4) is 0 Å². The van der Waals surface area contributed by atoms with Gasteiger partial charge in [0.25, 0.3) is 0 Å². The quantitative estimate of drug-likeness (QED) is 0.670. The molecule has 1 aliphatic rings. The molecule has 0 spiro atoms. The zero-order chi connectivity index (χ0) is 12.8. The fourth-order valence-corrected chi connectivity index (χ4v) is 2.77. The van der Waals surface area contributed by atoms with E-state index in [1.165, 1.54) is 27.8 Å². The average molecular weight is 234 g/mol. The van der Waals surface area contributed by atoms with Gasteiger partial charge in [0.2, 0.25) is 0 Å². The minimum atomic E-state index is 0.136. The second kappa shape index (κ2) is 3.84. The first-order valence-corrected chi connectivity index (χ1v) is 6.48. The monoisotopic (exact) mass is 234 g/mol. The fraction of sp³-hybridized carbons (Fsp3) is 0.222. The van der Waals surface area contributed by atoms with Crippen molar-refractivity contribution in [3.63, 3.8) is 0 Å². The third-order valence-corrected chi connectivity index (χ3v) is 3.78. The van der Waals surface area contributed by atoms with Gasteiger partial charge in [-0.05, 0) is 29.2 Å². The van der Waals surface area contributed by atoms with E-state index < -0.39 is 0 Å². The molecule has 0 heterocycles. The van der Waals surface area contributed by atoms with Crippen LogP contribution in [-0.2, 0) is 5.41 Å². The van der Waals surface area contributed by atoms with Crippen LogP contribution in [0.15, 0.2) is 54.6 Å². The molecule has 1 aliphatic carbocycles. The molecule has 2 aromatic rings. The van der Waals surface area contributed by atoms with Gasteiger partial charge < -0.3 is 0 Å². The first-order chi connectivity index (χ1) is 8.58. The topological polar surface area (TPSA) is 0 Å². The second-order valence-electron chi connectivity index (χ2n) is 5.69. The van der Waals surface area contributed by atoms with E-state index in [0.717, 1.165) is 0 Å². The Balaban J connectivity index is 2.17. The molecule has 0 heteroatoms. The van der Waals surface area contributed by atoms with E-state index in [1.807, 2.05) is 0 Å². The van der Waals surface area contributed by atoms with Crippen molar-refractivity contribution >= 4 is 5.57 Å². The van der Waals surface area contributed by atoms with Crippen LogP contribution in [0.25, 0.3) is 5.57 Å². The van der Waals surface area contributed by atoms with E-state index in [4.69, 9.17) is 0 Å². The summed E-state index contributed by atoms with van der Waals surface area (Å²) >= 11 is 0. The highest BCUT2D eigenvalue weighted by Gasteiger charge is 2.29. The zero-order valence-electron chi connectivity index (χ0n) is 11.2. The van der Waals surface area contributed by atoms with Crippen molar-refractivity contribution < 1.29 is 0 Å². The van der Waals surface area contributed by atoms with E-state index in [1.54, 1.807) is 0 Å². The molecular weight excluding hydrogens is 216 g/mol. The van der Waals surface area contributed by atoms with Gasteiger partial charge >= 0.3 is 0 Å². The number of allylic oxidation sites excluding steroid dienone is 1. The molecular formula is C18H18. The molecule has 0 N–H and O–H groups in total. The Morgan fingerprint density at radius 1 is 0.833 bits per heavy atom. The zero-order valence-corrected chi connectivity index (χ0v) is 11.2. The van der Waals surface area contributed by atoms with Crippen LogP contribution in [0, 0.1) is 6.92 Å². The van der Waals surface area contributed by atoms with Gasteiger partial charge in [-0.3, -0.25) is 0 Å². The Kier molecular flexibility index (Phi) is 2.41. The third kappa shape index (κ3) is 1.69. The normalized spacial score (nSPS) is 16.3. The maximum absolute atomic E-state index is 2.39. The molecule has 0 amide bonds. The molecule has 0 nitrogen and oxygen atoms in total. The van der Waals surface area contributed by atoms with E-state index in [9.17, 15) is 0 Å². The van der Waals surface area contributed by atoms with Crippen molar-refractivity contribution in [2.24, 2.45) is 0 Å². The highest BCUT2D eigenvalue weighted by atomic mass is 14.3. The van der Waals surface area contributed by atoms with Crippen molar-refractivity contribution in [3.05, 3.63) is 76.9 Å². The highest BCUT2D eigenvalue weighted by molar-refractivity contribution is 5.86. The van der Waals surface area contributed by atoms with Crippen LogP contribution < -0.4 is 0 Å². The SMILES string of the molecule is Cc1ccc(C2=CC(C)(C)c3ccccc32)cc1. The highest BCUT2D eigenvalue weighted by Crippen LogP contribution is 2.42. The Bertz CT molecular complexity index is 613. The average Bonchev–Trinajstić information content (AvgIpc) is 2.63. The summed E-state index contributed by atoms with van der Waals surface area (Å²) in [5.41, 5.74) is 6.95. The molecule has 0 bridgehead atoms. The molecule has 0 aromatic heterocycles. The van der Waals surface area contributed by atoms with Gasteiger partial charge in [0.15, 0.2) is 0 Å². The van der Waals surface area contributed by atoms with Crippen molar-refractivity contribution in [3.8, 4) is 0 Å². The molecule has 2 aromatic carbocycles. The summed E-state index contributed by atoms with van der Waals surface area (Å²) in [4.78, 5) is 0. The van der Waals surface area contributed by atoms with Crippen molar-refractivity contribution in [1.82, 2.24) is 0 Å². The Morgan fingerprint density at radius 2 is 1.50 bits per heavy atom. The van der Waals surface area contributed by atoms with Crippen molar-refractivity contribution in [2.45, 2.75) is 26.2 Å². The maximum atomic E-state index is 2.39. The van der Waals surface area contributed by atoms with Crippen LogP contribution >= 0.6 is 0 Å². The Labute approximate surface area is 109 Å². The molecule has 0 aliphatic heterocycles. The predicted molar refractivity (Wildman–Crippen MR) is 77.7 cm³/mol. The lowest BCUT2D eigenvalue weighted by Crippen LogP contribution is -2.10. The third-order valence-electron chi connectivity index (χ3n) is 3.78. The molecule has 0 fully saturated rings. The van der Waals surface area contributed by atoms with E-state index in [0.29, 0.717) is 0 Å². The lowest BCUT2D eigenvalue weighted by atomic mass is 9.87. The van der Waals surface area contributed by atoms with Gasteiger partial charge in [-0.1, -0.05) is 74.0 Å². The summed E-state index contributed by atoms with van der Waals surface area (Å²) in [5, 5.41) is 0. The lowest BCUT2D eigenvalue weighted by Gasteiger charge is -2.16. The number of hydrogen-bond donors (Lipinski definition) is 0. The summed E-state index contributed by atoms with van der Waals surface area (Å²) in [6.45, 7) is 6.70. The van der Waals surface area contributed by atoms with E-state index in [-0.39, 0.29) is 5.41 Å². The Morgan fingerprint density at radius 3 is 2.22 bits per heavy atom. The maximum Gasteiger partial charge on any atom is 0.00908 e. The summed E-state index contributed by atoms with van der Waals surface area (Å²) in [6, 6.07) is 17.5. The van der Waals surface area contributed by atoms with Crippen LogP contribution in [0.5, 0.6) is 0 Å². The molecule has 0 radical (unpaired) electrons. The van der Waals surface area contributed by atoms with Crippen LogP contribution in [-0.4, -0.2) is 0 Å². The van der Waals surface area contributed by atoms with Crippen LogP contribution in [0.2, 0.25) is 0 Å². The van der Waals surface area contributed by atoms with Gasteiger partial charge in [-0.25, -0.2) is 0 Å². The second-order valence-corrected chi connectivity index (χ2v) is 5.69. The molecule has 90 valence electrons. The number of hydrogen-bond acceptors (Lipinski definition) is 0. The summed E-state index contributed by atoms with van der Waals surface area (Å²) < 4.78 is 0. The van der Waals surface area contributed by atoms with Crippen molar-refractivity contribution in [1.29, 1.82) is 0 Å². The molecule has 0 atom stereocenters. The van der Waals surface area contributed by atoms with E-state index >= 15 is 0 Å². The van der Waals surface area contributed by atoms with Crippen LogP contribution in [0.4, 0.5) is 0 Å². The predicted octanol–water partition coefficient (Wildman–Crippen LogP) is 4.72. The smallest absolute Gasteiger partial charge is 0.00908 e. The summed E-state index contributed by atoms with van der Waals surface area (Å²) in [6.07, 6.45) is 2.39. The van der Waals surface area contributed by atoms with Gasteiger partial charge in [-0.15, -0.1) is 0 Å². The lowest BCUT2D eigenvalue weighted by molar-refractivity contribution is 0.683. The molecule has 0 saturated carbocycles. The van der Waals surface area contributed by atoms with Gasteiger partial charge in [0.1, 0.15) is 0 Å². The Hall–Kier alpha value is -1.82. The first kappa shape index (κ1) is 11.3. The molecule has 3 rings (SSSR count). The number of fused-ring (bicyclic) bond motifs is 1. The van der Waals surface area contributed by atoms with Crippen molar-refractivity contribution in [2.75, 3.05) is 0 Å². The first-order valence-electron chi connectivity index (χ1n) is 6.48. The number of rotatable bonds is 1. The van der Waals surface area contributed by atoms with Crippen LogP contribution in [0.1, 0.15) is 36.1 Å². The minimum Gasteiger partial charge on any atom is -0.0660 e. The molecule has 18 heavy (non-hydrogen) atoms. The number of benzene rings is 2. The van der Waals surface area contributed by atoms with Gasteiger partial charge in [0.05, 0.1) is 0 Å². The fourth-order valence-electron chi connectivity index (χ4n) is 2.77. The summed E-state index contributed by atoms with van der Waals surface area (Å²) in [7, 11) is 0. The van der Waals surface area contributed by atoms with Gasteiger partial charge in [-0.2, -0.15) is 0 Å². The standard InChI is InChI=1S/C18H18/c1-13-8-10-14(11-9-13)16-12-18(2,3)17-7-5-4-6-15(16)17/h4-12H,1-3H3. The largest absolute Gasteiger partial charge is 0.0660 e. The van der Waals surface area contributed by atoms with Gasteiger partial charge in [0, 0.05) is 5.41 Å².